The molecule has 2 aromatic carbocycles. The van der Waals surface area contributed by atoms with Crippen molar-refractivity contribution in [1.29, 1.82) is 0 Å². The van der Waals surface area contributed by atoms with Crippen molar-refractivity contribution in [2.75, 3.05) is 6.54 Å². The minimum atomic E-state index is -4.39. The number of H-pyrrole nitrogens is 1. The van der Waals surface area contributed by atoms with Gasteiger partial charge in [0.05, 0.1) is 5.56 Å². The molecule has 0 aliphatic heterocycles. The van der Waals surface area contributed by atoms with Crippen molar-refractivity contribution >= 4 is 28.3 Å². The Balaban J connectivity index is 2.01. The topological polar surface area (TPSA) is 28.1 Å². The Labute approximate surface area is 187 Å². The minimum Gasteiger partial charge on any atom is -0.358 e. The molecular formula is C27H29F3N2. The van der Waals surface area contributed by atoms with Crippen LogP contribution in [0.15, 0.2) is 65.7 Å². The van der Waals surface area contributed by atoms with Crippen LogP contribution in [-0.4, -0.2) is 17.2 Å². The Hall–Kier alpha value is -3.08. The third-order valence-corrected chi connectivity index (χ3v) is 5.42. The second kappa shape index (κ2) is 10.0. The summed E-state index contributed by atoms with van der Waals surface area (Å²) in [6.45, 7) is 8.76. The van der Waals surface area contributed by atoms with E-state index < -0.39 is 11.7 Å². The largest absolute Gasteiger partial charge is 0.416 e. The number of fused-ring (bicyclic) bond motifs is 1. The Morgan fingerprint density at radius 1 is 1.09 bits per heavy atom. The fourth-order valence-corrected chi connectivity index (χ4v) is 3.62. The SMILES string of the molecule is CC(=NCCC(C)C)/C(=C\C=C\c1c(C)[nH]c2ccccc12)c1cccc(C(F)(F)F)c1. The van der Waals surface area contributed by atoms with Gasteiger partial charge < -0.3 is 4.98 Å². The van der Waals surface area contributed by atoms with Crippen LogP contribution >= 0.6 is 0 Å². The van der Waals surface area contributed by atoms with E-state index in [1.165, 1.54) is 12.1 Å². The van der Waals surface area contributed by atoms with Gasteiger partial charge in [-0.25, -0.2) is 0 Å². The molecule has 0 aliphatic rings. The molecule has 1 heterocycles. The molecule has 2 nitrogen and oxygen atoms in total. The Kier molecular flexibility index (Phi) is 7.39. The molecule has 0 unspecified atom stereocenters. The van der Waals surface area contributed by atoms with Crippen molar-refractivity contribution < 1.29 is 13.2 Å². The molecule has 0 saturated carbocycles. The van der Waals surface area contributed by atoms with Crippen molar-refractivity contribution in [2.45, 2.75) is 40.3 Å². The zero-order chi connectivity index (χ0) is 23.3. The van der Waals surface area contributed by atoms with Crippen LogP contribution in [0.3, 0.4) is 0 Å². The Morgan fingerprint density at radius 2 is 1.84 bits per heavy atom. The molecule has 0 aliphatic carbocycles. The first-order valence-corrected chi connectivity index (χ1v) is 10.8. The number of hydrogen-bond donors (Lipinski definition) is 1. The molecular weight excluding hydrogens is 409 g/mol. The number of hydrogen-bond acceptors (Lipinski definition) is 1. The predicted octanol–water partition coefficient (Wildman–Crippen LogP) is 8.10. The van der Waals surface area contributed by atoms with Crippen LogP contribution in [-0.2, 0) is 6.18 Å². The maximum absolute atomic E-state index is 13.3. The highest BCUT2D eigenvalue weighted by molar-refractivity contribution is 6.23. The van der Waals surface area contributed by atoms with E-state index in [1.807, 2.05) is 50.3 Å². The van der Waals surface area contributed by atoms with Crippen LogP contribution in [0, 0.1) is 12.8 Å². The van der Waals surface area contributed by atoms with Gasteiger partial charge in [0.15, 0.2) is 0 Å². The molecule has 5 heteroatoms. The quantitative estimate of drug-likeness (QED) is 0.285. The van der Waals surface area contributed by atoms with Gasteiger partial charge in [0.2, 0.25) is 0 Å². The minimum absolute atomic E-state index is 0.505. The normalized spacial score (nSPS) is 13.6. The van der Waals surface area contributed by atoms with Gasteiger partial charge >= 0.3 is 6.18 Å². The molecule has 0 radical (unpaired) electrons. The van der Waals surface area contributed by atoms with Gasteiger partial charge in [0.1, 0.15) is 0 Å². The maximum Gasteiger partial charge on any atom is 0.416 e. The van der Waals surface area contributed by atoms with Crippen molar-refractivity contribution in [3.8, 4) is 0 Å². The van der Waals surface area contributed by atoms with Gasteiger partial charge in [-0.1, -0.05) is 62.4 Å². The van der Waals surface area contributed by atoms with Crippen LogP contribution in [0.2, 0.25) is 0 Å². The fourth-order valence-electron chi connectivity index (χ4n) is 3.62. The third kappa shape index (κ3) is 5.78. The van der Waals surface area contributed by atoms with Gasteiger partial charge in [0, 0.05) is 40.0 Å². The summed E-state index contributed by atoms with van der Waals surface area (Å²) in [6.07, 6.45) is 2.27. The summed E-state index contributed by atoms with van der Waals surface area (Å²) in [5, 5.41) is 1.11. The van der Waals surface area contributed by atoms with Crippen LogP contribution in [0.5, 0.6) is 0 Å². The molecule has 1 N–H and O–H groups in total. The van der Waals surface area contributed by atoms with E-state index in [4.69, 9.17) is 0 Å². The second-order valence-electron chi connectivity index (χ2n) is 8.38. The number of aromatic nitrogens is 1. The van der Waals surface area contributed by atoms with E-state index in [1.54, 1.807) is 6.07 Å². The van der Waals surface area contributed by atoms with Gasteiger partial charge in [-0.05, 0) is 49.9 Å². The summed E-state index contributed by atoms with van der Waals surface area (Å²) < 4.78 is 39.9. The molecule has 0 bridgehead atoms. The summed E-state index contributed by atoms with van der Waals surface area (Å²) in [7, 11) is 0. The van der Waals surface area contributed by atoms with Gasteiger partial charge in [-0.2, -0.15) is 13.2 Å². The first-order chi connectivity index (χ1) is 15.2. The monoisotopic (exact) mass is 438 g/mol. The summed E-state index contributed by atoms with van der Waals surface area (Å²) in [5.41, 5.74) is 4.42. The number of rotatable bonds is 7. The summed E-state index contributed by atoms with van der Waals surface area (Å²) in [4.78, 5) is 8.00. The number of para-hydroxylation sites is 1. The fraction of sp³-hybridized carbons (Fsp3) is 0.296. The lowest BCUT2D eigenvalue weighted by molar-refractivity contribution is -0.137. The number of nitrogens with zero attached hydrogens (tertiary/aromatic N) is 1. The zero-order valence-electron chi connectivity index (χ0n) is 18.9. The molecule has 0 amide bonds. The van der Waals surface area contributed by atoms with E-state index in [9.17, 15) is 13.2 Å². The van der Waals surface area contributed by atoms with Crippen LogP contribution < -0.4 is 0 Å². The number of benzene rings is 2. The smallest absolute Gasteiger partial charge is 0.358 e. The van der Waals surface area contributed by atoms with Gasteiger partial charge in [0.25, 0.3) is 0 Å². The molecule has 3 rings (SSSR count). The van der Waals surface area contributed by atoms with Gasteiger partial charge in [-0.15, -0.1) is 0 Å². The number of aryl methyl sites for hydroxylation is 1. The molecule has 32 heavy (non-hydrogen) atoms. The lowest BCUT2D eigenvalue weighted by Crippen LogP contribution is -2.06. The number of nitrogens with one attached hydrogen (secondary N) is 1. The highest BCUT2D eigenvalue weighted by Gasteiger charge is 2.30. The van der Waals surface area contributed by atoms with E-state index >= 15 is 0 Å². The standard InChI is InChI=1S/C27H29F3N2/c1-18(2)15-16-31-19(3)23(21-9-7-10-22(17-21)27(28,29)30)12-8-13-24-20(4)32-26-14-6-5-11-25(24)26/h5-14,17-18,32H,15-16H2,1-4H3/b13-8+,23-12+,31-19?. The predicted molar refractivity (Wildman–Crippen MR) is 129 cm³/mol. The molecule has 0 atom stereocenters. The van der Waals surface area contributed by atoms with Crippen LogP contribution in [0.4, 0.5) is 13.2 Å². The first kappa shape index (κ1) is 23.6. The first-order valence-electron chi connectivity index (χ1n) is 10.8. The average Bonchev–Trinajstić information content (AvgIpc) is 3.05. The number of alkyl halides is 3. The second-order valence-corrected chi connectivity index (χ2v) is 8.38. The average molecular weight is 439 g/mol. The highest BCUT2D eigenvalue weighted by Crippen LogP contribution is 2.31. The van der Waals surface area contributed by atoms with Crippen LogP contribution in [0.25, 0.3) is 22.6 Å². The van der Waals surface area contributed by atoms with Crippen molar-refractivity contribution in [1.82, 2.24) is 4.98 Å². The van der Waals surface area contributed by atoms with Crippen LogP contribution in [0.1, 0.15) is 49.6 Å². The molecule has 1 aromatic heterocycles. The number of halogens is 3. The lowest BCUT2D eigenvalue weighted by atomic mass is 9.98. The maximum atomic E-state index is 13.3. The molecule has 0 fully saturated rings. The summed E-state index contributed by atoms with van der Waals surface area (Å²) in [5.74, 6) is 0.511. The van der Waals surface area contributed by atoms with E-state index in [2.05, 4.69) is 29.9 Å². The van der Waals surface area contributed by atoms with Crippen molar-refractivity contribution in [3.63, 3.8) is 0 Å². The Bertz CT molecular complexity index is 1160. The molecule has 0 saturated heterocycles. The molecule has 3 aromatic rings. The number of aromatic amines is 1. The summed E-state index contributed by atoms with van der Waals surface area (Å²) in [6, 6.07) is 13.5. The third-order valence-electron chi connectivity index (χ3n) is 5.42. The zero-order valence-corrected chi connectivity index (χ0v) is 18.9. The number of aliphatic imine (C=N–C) groups is 1. The Morgan fingerprint density at radius 3 is 2.56 bits per heavy atom. The van der Waals surface area contributed by atoms with Crippen molar-refractivity contribution in [3.05, 3.63) is 83.1 Å². The van der Waals surface area contributed by atoms with Gasteiger partial charge in [-0.3, -0.25) is 4.99 Å². The lowest BCUT2D eigenvalue weighted by Gasteiger charge is -2.12. The highest BCUT2D eigenvalue weighted by atomic mass is 19.4. The molecule has 0 spiro atoms. The van der Waals surface area contributed by atoms with E-state index in [0.717, 1.165) is 40.4 Å². The molecule has 168 valence electrons. The van der Waals surface area contributed by atoms with E-state index in [0.29, 0.717) is 23.6 Å². The summed E-state index contributed by atoms with van der Waals surface area (Å²) >= 11 is 0. The van der Waals surface area contributed by atoms with E-state index in [-0.39, 0.29) is 0 Å². The van der Waals surface area contributed by atoms with Crippen molar-refractivity contribution in [2.24, 2.45) is 10.9 Å². The number of allylic oxidation sites excluding steroid dienone is 3.